The van der Waals surface area contributed by atoms with Crippen molar-refractivity contribution in [1.29, 1.82) is 0 Å². The normalized spacial score (nSPS) is 44.6. The van der Waals surface area contributed by atoms with Crippen molar-refractivity contribution in [3.8, 4) is 0 Å². The van der Waals surface area contributed by atoms with E-state index in [-0.39, 0.29) is 0 Å². The third-order valence-electron chi connectivity index (χ3n) is 7.40. The number of ether oxygens (including phenoxy) is 3. The van der Waals surface area contributed by atoms with E-state index in [1.807, 2.05) is 0 Å². The number of ketones is 1. The van der Waals surface area contributed by atoms with E-state index in [4.69, 9.17) is 14.2 Å². The van der Waals surface area contributed by atoms with Crippen molar-refractivity contribution in [3.05, 3.63) is 23.8 Å². The number of hydrogen-bond donors (Lipinski definition) is 2. The molecule has 0 radical (unpaired) electrons. The molecule has 0 aromatic carbocycles. The second kappa shape index (κ2) is 8.36. The third-order valence-corrected chi connectivity index (χ3v) is 7.40. The Labute approximate surface area is 192 Å². The molecule has 0 amide bonds. The van der Waals surface area contributed by atoms with E-state index in [2.05, 4.69) is 0 Å². The number of fused-ring (bicyclic) bond motifs is 2. The first-order valence-electron chi connectivity index (χ1n) is 11.1. The summed E-state index contributed by atoms with van der Waals surface area (Å²) in [5.41, 5.74) is -4.69. The molecule has 0 aromatic heterocycles. The number of hydrogen-bond acceptors (Lipinski definition) is 9. The van der Waals surface area contributed by atoms with Crippen LogP contribution in [0.5, 0.6) is 0 Å². The number of carbonyl (C=O) groups excluding carboxylic acids is 4. The summed E-state index contributed by atoms with van der Waals surface area (Å²) < 4.78 is 16.8. The number of carbonyl (C=O) groups is 4. The molecule has 1 heterocycles. The predicted molar refractivity (Wildman–Crippen MR) is 114 cm³/mol. The minimum Gasteiger partial charge on any atom is -0.462 e. The van der Waals surface area contributed by atoms with Gasteiger partial charge in [0.05, 0.1) is 5.92 Å². The molecule has 182 valence electrons. The summed E-state index contributed by atoms with van der Waals surface area (Å²) in [4.78, 5) is 49.7. The molecule has 2 aliphatic carbocycles. The molecule has 1 saturated heterocycles. The van der Waals surface area contributed by atoms with Gasteiger partial charge in [-0.3, -0.25) is 19.2 Å². The average molecular weight is 465 g/mol. The summed E-state index contributed by atoms with van der Waals surface area (Å²) in [5, 5.41) is 23.5. The summed E-state index contributed by atoms with van der Waals surface area (Å²) in [6.07, 6.45) is 1.54. The van der Waals surface area contributed by atoms with Crippen LogP contribution in [0.25, 0.3) is 0 Å². The maximum Gasteiger partial charge on any atom is 0.312 e. The summed E-state index contributed by atoms with van der Waals surface area (Å²) >= 11 is 0. The second-order valence-corrected chi connectivity index (χ2v) is 9.84. The Morgan fingerprint density at radius 1 is 1.12 bits per heavy atom. The van der Waals surface area contributed by atoms with Crippen LogP contribution in [0.15, 0.2) is 23.8 Å². The van der Waals surface area contributed by atoms with E-state index in [9.17, 15) is 29.4 Å². The van der Waals surface area contributed by atoms with Crippen molar-refractivity contribution in [2.75, 3.05) is 0 Å². The first kappa shape index (κ1) is 25.1. The molecule has 3 aliphatic rings. The van der Waals surface area contributed by atoms with Gasteiger partial charge in [-0.25, -0.2) is 0 Å². The summed E-state index contributed by atoms with van der Waals surface area (Å²) in [7, 11) is 0. The Balaban J connectivity index is 2.36. The number of esters is 3. The predicted octanol–water partition coefficient (Wildman–Crippen LogP) is 1.39. The number of aliphatic hydroxyl groups is 2. The van der Waals surface area contributed by atoms with Gasteiger partial charge in [-0.1, -0.05) is 18.6 Å². The van der Waals surface area contributed by atoms with E-state index >= 15 is 0 Å². The second-order valence-electron chi connectivity index (χ2n) is 9.84. The summed E-state index contributed by atoms with van der Waals surface area (Å²) in [6, 6.07) is 0. The Morgan fingerprint density at radius 3 is 2.30 bits per heavy atom. The molecule has 2 N–H and O–H groups in total. The zero-order chi connectivity index (χ0) is 24.9. The Kier molecular flexibility index (Phi) is 6.36. The van der Waals surface area contributed by atoms with Gasteiger partial charge >= 0.3 is 17.9 Å². The standard InChI is InChI=1S/C24H32O9/c1-12-7-8-17(31-14(3)25)22(5)10-9-16(27)23(6,29)19(22)20(32-15(4)26)24(30)13(2)21(28)33-18(24)11-12/h9-11,13,17-20,29-30H,7-8H2,1-6H3/b12-11-/t13-,17+,18-,19+,20-,22+,23+,24-/m0/s1. The topological polar surface area (TPSA) is 136 Å². The molecule has 1 fully saturated rings. The molecular weight excluding hydrogens is 432 g/mol. The Morgan fingerprint density at radius 2 is 1.73 bits per heavy atom. The van der Waals surface area contributed by atoms with Crippen LogP contribution in [0.4, 0.5) is 0 Å². The van der Waals surface area contributed by atoms with E-state index in [0.717, 1.165) is 12.5 Å². The Bertz CT molecular complexity index is 932. The molecule has 1 aliphatic heterocycles. The monoisotopic (exact) mass is 464 g/mol. The summed E-state index contributed by atoms with van der Waals surface area (Å²) in [5.74, 6) is -5.10. The van der Waals surface area contributed by atoms with Crippen molar-refractivity contribution >= 4 is 23.7 Å². The van der Waals surface area contributed by atoms with Gasteiger partial charge in [0.15, 0.2) is 17.5 Å². The van der Waals surface area contributed by atoms with Crippen LogP contribution in [-0.4, -0.2) is 63.4 Å². The molecule has 33 heavy (non-hydrogen) atoms. The molecule has 0 aromatic rings. The van der Waals surface area contributed by atoms with Crippen LogP contribution in [-0.2, 0) is 33.4 Å². The van der Waals surface area contributed by atoms with Gasteiger partial charge in [0.1, 0.15) is 17.8 Å². The van der Waals surface area contributed by atoms with E-state index in [1.165, 1.54) is 32.9 Å². The average Bonchev–Trinajstić information content (AvgIpc) is 2.90. The minimum atomic E-state index is -2.12. The molecule has 3 rings (SSSR count). The van der Waals surface area contributed by atoms with E-state index in [0.29, 0.717) is 12.8 Å². The maximum atomic E-state index is 12.8. The quantitative estimate of drug-likeness (QED) is 0.353. The van der Waals surface area contributed by atoms with Crippen LogP contribution in [0.2, 0.25) is 0 Å². The Hall–Kier alpha value is -2.52. The fourth-order valence-electron chi connectivity index (χ4n) is 5.55. The van der Waals surface area contributed by atoms with Crippen LogP contribution < -0.4 is 0 Å². The van der Waals surface area contributed by atoms with Crippen molar-refractivity contribution in [3.63, 3.8) is 0 Å². The minimum absolute atomic E-state index is 0.324. The largest absolute Gasteiger partial charge is 0.462 e. The molecule has 9 nitrogen and oxygen atoms in total. The molecular formula is C24H32O9. The van der Waals surface area contributed by atoms with Crippen LogP contribution >= 0.6 is 0 Å². The molecule has 9 heteroatoms. The van der Waals surface area contributed by atoms with E-state index < -0.39 is 70.5 Å². The lowest BCUT2D eigenvalue weighted by Gasteiger charge is -2.54. The fraction of sp³-hybridized carbons (Fsp3) is 0.667. The van der Waals surface area contributed by atoms with Crippen molar-refractivity contribution in [2.45, 2.75) is 83.9 Å². The lowest BCUT2D eigenvalue weighted by atomic mass is 9.55. The molecule has 8 atom stereocenters. The summed E-state index contributed by atoms with van der Waals surface area (Å²) in [6.45, 7) is 8.59. The molecule has 0 spiro atoms. The van der Waals surface area contributed by atoms with Crippen LogP contribution in [0.1, 0.15) is 54.4 Å². The first-order valence-corrected chi connectivity index (χ1v) is 11.1. The van der Waals surface area contributed by atoms with Gasteiger partial charge < -0.3 is 24.4 Å². The zero-order valence-corrected chi connectivity index (χ0v) is 19.8. The zero-order valence-electron chi connectivity index (χ0n) is 19.8. The smallest absolute Gasteiger partial charge is 0.312 e. The van der Waals surface area contributed by atoms with Gasteiger partial charge in [-0.15, -0.1) is 0 Å². The molecule has 0 saturated carbocycles. The van der Waals surface area contributed by atoms with Gasteiger partial charge in [-0.05, 0) is 45.8 Å². The number of allylic oxidation sites excluding steroid dienone is 1. The van der Waals surface area contributed by atoms with Crippen molar-refractivity contribution in [1.82, 2.24) is 0 Å². The molecule has 0 unspecified atom stereocenters. The van der Waals surface area contributed by atoms with E-state index in [1.54, 1.807) is 19.9 Å². The van der Waals surface area contributed by atoms with Crippen molar-refractivity contribution in [2.24, 2.45) is 17.3 Å². The van der Waals surface area contributed by atoms with Crippen LogP contribution in [0.3, 0.4) is 0 Å². The van der Waals surface area contributed by atoms with Gasteiger partial charge in [0, 0.05) is 25.2 Å². The highest BCUT2D eigenvalue weighted by molar-refractivity contribution is 5.98. The van der Waals surface area contributed by atoms with Crippen molar-refractivity contribution < 1.29 is 43.6 Å². The highest BCUT2D eigenvalue weighted by Crippen LogP contribution is 2.54. The van der Waals surface area contributed by atoms with Gasteiger partial charge in [-0.2, -0.15) is 0 Å². The van der Waals surface area contributed by atoms with Gasteiger partial charge in [0.25, 0.3) is 0 Å². The SMILES string of the molecule is CC(=O)O[C@@H]1CC/C(C)=C\[C@@H]2OC(=O)[C@H](C)[C@@]2(O)[C@@H](OC(C)=O)[C@@H]2[C@]1(C)C=CC(=O)[C@@]2(C)O. The lowest BCUT2D eigenvalue weighted by molar-refractivity contribution is -0.224. The first-order chi connectivity index (χ1) is 15.2. The third kappa shape index (κ3) is 4.01. The molecule has 0 bridgehead atoms. The lowest BCUT2D eigenvalue weighted by Crippen LogP contribution is -2.68. The van der Waals surface area contributed by atoms with Gasteiger partial charge in [0.2, 0.25) is 0 Å². The van der Waals surface area contributed by atoms with Crippen LogP contribution in [0, 0.1) is 17.3 Å². The number of rotatable bonds is 2. The highest BCUT2D eigenvalue weighted by atomic mass is 16.6. The fourth-order valence-corrected chi connectivity index (χ4v) is 5.55. The maximum absolute atomic E-state index is 12.8. The highest BCUT2D eigenvalue weighted by Gasteiger charge is 2.68.